The summed E-state index contributed by atoms with van der Waals surface area (Å²) in [7, 11) is -0.974. The summed E-state index contributed by atoms with van der Waals surface area (Å²) >= 11 is 0. The fourth-order valence-electron chi connectivity index (χ4n) is 2.45. The SMILES string of the molecule is CC(C)(C)[S@@](=O)Cc1cccc(NC(=O)N2CCC[C@H](O)C2)c1. The minimum absolute atomic E-state index is 0.196. The first-order valence-electron chi connectivity index (χ1n) is 7.97. The Balaban J connectivity index is 1.99. The number of urea groups is 1. The second-order valence-electron chi connectivity index (χ2n) is 6.97. The molecule has 0 bridgehead atoms. The normalized spacial score (nSPS) is 20.2. The van der Waals surface area contributed by atoms with Crippen LogP contribution in [-0.4, -0.2) is 44.2 Å². The smallest absolute Gasteiger partial charge is 0.321 e. The Morgan fingerprint density at radius 1 is 1.43 bits per heavy atom. The molecule has 2 rings (SSSR count). The van der Waals surface area contributed by atoms with Crippen LogP contribution in [0.2, 0.25) is 0 Å². The largest absolute Gasteiger partial charge is 0.391 e. The highest BCUT2D eigenvalue weighted by Crippen LogP contribution is 2.19. The van der Waals surface area contributed by atoms with E-state index in [2.05, 4.69) is 5.32 Å². The van der Waals surface area contributed by atoms with Gasteiger partial charge in [-0.05, 0) is 51.3 Å². The molecule has 1 aromatic rings. The molecule has 0 radical (unpaired) electrons. The lowest BCUT2D eigenvalue weighted by Gasteiger charge is -2.30. The van der Waals surface area contributed by atoms with E-state index < -0.39 is 16.9 Å². The summed E-state index contributed by atoms with van der Waals surface area (Å²) < 4.78 is 12.0. The third kappa shape index (κ3) is 5.32. The van der Waals surface area contributed by atoms with Crippen LogP contribution in [0.15, 0.2) is 24.3 Å². The Morgan fingerprint density at radius 2 is 2.17 bits per heavy atom. The van der Waals surface area contributed by atoms with E-state index in [1.165, 1.54) is 0 Å². The van der Waals surface area contributed by atoms with E-state index in [0.29, 0.717) is 24.5 Å². The molecule has 1 heterocycles. The highest BCUT2D eigenvalue weighted by Gasteiger charge is 2.22. The van der Waals surface area contributed by atoms with Crippen LogP contribution in [0.25, 0.3) is 0 Å². The highest BCUT2D eigenvalue weighted by atomic mass is 32.2. The number of aliphatic hydroxyl groups excluding tert-OH is 1. The minimum Gasteiger partial charge on any atom is -0.391 e. The molecule has 1 aliphatic heterocycles. The number of benzene rings is 1. The van der Waals surface area contributed by atoms with Crippen LogP contribution in [0, 0.1) is 0 Å². The van der Waals surface area contributed by atoms with Crippen molar-refractivity contribution in [1.82, 2.24) is 4.90 Å². The zero-order valence-electron chi connectivity index (χ0n) is 14.0. The van der Waals surface area contributed by atoms with Gasteiger partial charge in [-0.2, -0.15) is 0 Å². The monoisotopic (exact) mass is 338 g/mol. The van der Waals surface area contributed by atoms with Crippen molar-refractivity contribution >= 4 is 22.5 Å². The molecule has 1 aromatic carbocycles. The van der Waals surface area contributed by atoms with E-state index in [0.717, 1.165) is 18.4 Å². The second-order valence-corrected chi connectivity index (χ2v) is 9.18. The van der Waals surface area contributed by atoms with Crippen molar-refractivity contribution in [3.8, 4) is 0 Å². The van der Waals surface area contributed by atoms with Gasteiger partial charge in [0.15, 0.2) is 0 Å². The Kier molecular flexibility index (Phi) is 5.81. The Morgan fingerprint density at radius 3 is 2.83 bits per heavy atom. The van der Waals surface area contributed by atoms with Gasteiger partial charge >= 0.3 is 6.03 Å². The summed E-state index contributed by atoms with van der Waals surface area (Å²) in [5.41, 5.74) is 1.63. The molecule has 2 atom stereocenters. The van der Waals surface area contributed by atoms with Crippen LogP contribution in [-0.2, 0) is 16.6 Å². The summed E-state index contributed by atoms with van der Waals surface area (Å²) in [6.07, 6.45) is 1.13. The van der Waals surface area contributed by atoms with Crippen molar-refractivity contribution in [1.29, 1.82) is 0 Å². The molecule has 2 amide bonds. The summed E-state index contributed by atoms with van der Waals surface area (Å²) in [4.78, 5) is 13.9. The molecule has 1 saturated heterocycles. The average molecular weight is 338 g/mol. The van der Waals surface area contributed by atoms with E-state index in [9.17, 15) is 14.1 Å². The molecular formula is C17H26N2O3S. The van der Waals surface area contributed by atoms with E-state index in [-0.39, 0.29) is 10.8 Å². The predicted octanol–water partition coefficient (Wildman–Crippen LogP) is 2.72. The Bertz CT molecular complexity index is 583. The lowest BCUT2D eigenvalue weighted by atomic mass is 10.1. The van der Waals surface area contributed by atoms with Crippen molar-refractivity contribution in [3.63, 3.8) is 0 Å². The number of hydrogen-bond donors (Lipinski definition) is 2. The maximum Gasteiger partial charge on any atom is 0.321 e. The average Bonchev–Trinajstić information content (AvgIpc) is 2.46. The highest BCUT2D eigenvalue weighted by molar-refractivity contribution is 7.85. The number of rotatable bonds is 3. The molecule has 2 N–H and O–H groups in total. The van der Waals surface area contributed by atoms with Gasteiger partial charge in [0.2, 0.25) is 0 Å². The van der Waals surface area contributed by atoms with Crippen molar-refractivity contribution in [2.45, 2.75) is 50.2 Å². The number of β-amino-alcohol motifs (C(OH)–C–C–N with tert-alkyl or cyclic N) is 1. The molecule has 0 spiro atoms. The first kappa shape index (κ1) is 17.9. The molecule has 1 fully saturated rings. The Labute approximate surface area is 140 Å². The topological polar surface area (TPSA) is 69.6 Å². The van der Waals surface area contributed by atoms with E-state index in [1.807, 2.05) is 45.0 Å². The van der Waals surface area contributed by atoms with Gasteiger partial charge in [0.1, 0.15) is 0 Å². The number of amides is 2. The van der Waals surface area contributed by atoms with Crippen LogP contribution in [0.4, 0.5) is 10.5 Å². The number of likely N-dealkylation sites (tertiary alicyclic amines) is 1. The summed E-state index contributed by atoms with van der Waals surface area (Å²) in [6.45, 7) is 6.90. The van der Waals surface area contributed by atoms with Crippen LogP contribution in [0.5, 0.6) is 0 Å². The zero-order valence-corrected chi connectivity index (χ0v) is 14.9. The number of nitrogens with one attached hydrogen (secondary N) is 1. The summed E-state index contributed by atoms with van der Waals surface area (Å²) in [5, 5.41) is 12.5. The molecule has 6 heteroatoms. The van der Waals surface area contributed by atoms with Crippen LogP contribution < -0.4 is 5.32 Å². The van der Waals surface area contributed by atoms with Crippen LogP contribution in [0.3, 0.4) is 0 Å². The van der Waals surface area contributed by atoms with Crippen molar-refractivity contribution < 1.29 is 14.1 Å². The van der Waals surface area contributed by atoms with Gasteiger partial charge in [0, 0.05) is 40.1 Å². The molecular weight excluding hydrogens is 312 g/mol. The number of nitrogens with zero attached hydrogens (tertiary/aromatic N) is 1. The third-order valence-corrected chi connectivity index (χ3v) is 5.80. The minimum atomic E-state index is -0.974. The van der Waals surface area contributed by atoms with Crippen molar-refractivity contribution in [2.24, 2.45) is 0 Å². The van der Waals surface area contributed by atoms with E-state index in [4.69, 9.17) is 0 Å². The molecule has 0 aliphatic carbocycles. The lowest BCUT2D eigenvalue weighted by Crippen LogP contribution is -2.44. The maximum absolute atomic E-state index is 12.2. The fourth-order valence-corrected chi connectivity index (χ4v) is 3.36. The van der Waals surface area contributed by atoms with Gasteiger partial charge < -0.3 is 15.3 Å². The van der Waals surface area contributed by atoms with E-state index >= 15 is 0 Å². The second kappa shape index (κ2) is 7.45. The Hall–Kier alpha value is -1.40. The number of hydrogen-bond acceptors (Lipinski definition) is 3. The van der Waals surface area contributed by atoms with Gasteiger partial charge in [-0.15, -0.1) is 0 Å². The molecule has 23 heavy (non-hydrogen) atoms. The van der Waals surface area contributed by atoms with Crippen molar-refractivity contribution in [2.75, 3.05) is 18.4 Å². The molecule has 0 unspecified atom stereocenters. The number of carbonyl (C=O) groups excluding carboxylic acids is 1. The lowest BCUT2D eigenvalue weighted by molar-refractivity contribution is 0.0883. The van der Waals surface area contributed by atoms with Gasteiger partial charge in [0.05, 0.1) is 6.10 Å². The van der Waals surface area contributed by atoms with Crippen LogP contribution >= 0.6 is 0 Å². The van der Waals surface area contributed by atoms with E-state index in [1.54, 1.807) is 4.90 Å². The fraction of sp³-hybridized carbons (Fsp3) is 0.588. The summed E-state index contributed by atoms with van der Waals surface area (Å²) in [5.74, 6) is 0.468. The maximum atomic E-state index is 12.2. The number of aliphatic hydroxyl groups is 1. The van der Waals surface area contributed by atoms with Gasteiger partial charge in [0.25, 0.3) is 0 Å². The van der Waals surface area contributed by atoms with Crippen LogP contribution in [0.1, 0.15) is 39.2 Å². The molecule has 0 aromatic heterocycles. The van der Waals surface area contributed by atoms with Gasteiger partial charge in [-0.3, -0.25) is 4.21 Å². The molecule has 0 saturated carbocycles. The molecule has 1 aliphatic rings. The zero-order chi connectivity index (χ0) is 17.0. The third-order valence-electron chi connectivity index (χ3n) is 3.84. The molecule has 5 nitrogen and oxygen atoms in total. The number of carbonyl (C=O) groups is 1. The molecule has 128 valence electrons. The first-order valence-corrected chi connectivity index (χ1v) is 9.29. The van der Waals surface area contributed by atoms with Gasteiger partial charge in [-0.25, -0.2) is 4.79 Å². The summed E-state index contributed by atoms with van der Waals surface area (Å²) in [6, 6.07) is 7.27. The van der Waals surface area contributed by atoms with Gasteiger partial charge in [-0.1, -0.05) is 12.1 Å². The number of piperidine rings is 1. The first-order chi connectivity index (χ1) is 10.8. The predicted molar refractivity (Wildman–Crippen MR) is 93.9 cm³/mol. The quantitative estimate of drug-likeness (QED) is 0.890. The van der Waals surface area contributed by atoms with Crippen molar-refractivity contribution in [3.05, 3.63) is 29.8 Å². The number of anilines is 1. The standard InChI is InChI=1S/C17H26N2O3S/c1-17(2,3)23(22)12-13-6-4-7-14(10-13)18-16(21)19-9-5-8-15(20)11-19/h4,6-7,10,15,20H,5,8-9,11-12H2,1-3H3,(H,18,21)/t15-,23-/m0/s1.